The molecule has 24 heavy (non-hydrogen) atoms. The molecular weight excluding hydrogens is 312 g/mol. The summed E-state index contributed by atoms with van der Waals surface area (Å²) in [6, 6.07) is 5.26. The van der Waals surface area contributed by atoms with E-state index in [0.29, 0.717) is 36.9 Å². The predicted molar refractivity (Wildman–Crippen MR) is 89.5 cm³/mol. The molecule has 7 heteroatoms. The van der Waals surface area contributed by atoms with Crippen molar-refractivity contribution in [2.45, 2.75) is 12.8 Å². The van der Waals surface area contributed by atoms with Gasteiger partial charge in [0.05, 0.1) is 25.8 Å². The molecule has 1 aliphatic rings. The fourth-order valence-electron chi connectivity index (χ4n) is 2.70. The number of carbonyl (C=O) groups excluding carboxylic acids is 2. The molecule has 1 aliphatic heterocycles. The number of carbonyl (C=O) groups is 2. The topological polar surface area (TPSA) is 77.1 Å². The molecular formula is C17H24N2O5. The lowest BCUT2D eigenvalue weighted by molar-refractivity contribution is -0.126. The van der Waals surface area contributed by atoms with Crippen LogP contribution in [0.4, 0.5) is 5.69 Å². The number of hydrogen-bond donors (Lipinski definition) is 1. The lowest BCUT2D eigenvalue weighted by Gasteiger charge is -2.20. The highest BCUT2D eigenvalue weighted by atomic mass is 16.5. The van der Waals surface area contributed by atoms with Crippen LogP contribution in [0.25, 0.3) is 0 Å². The van der Waals surface area contributed by atoms with E-state index in [-0.39, 0.29) is 24.2 Å². The number of hydrogen-bond acceptors (Lipinski definition) is 5. The predicted octanol–water partition coefficient (Wildman–Crippen LogP) is 1.21. The Morgan fingerprint density at radius 1 is 1.29 bits per heavy atom. The Hall–Kier alpha value is -2.28. The first-order chi connectivity index (χ1) is 11.6. The van der Waals surface area contributed by atoms with Crippen LogP contribution in [0.3, 0.4) is 0 Å². The number of nitrogens with one attached hydrogen (secondary N) is 1. The minimum Gasteiger partial charge on any atom is -0.497 e. The summed E-state index contributed by atoms with van der Waals surface area (Å²) in [5.74, 6) is 0.648. The number of ether oxygens (including phenoxy) is 3. The largest absolute Gasteiger partial charge is 0.497 e. The molecule has 1 unspecified atom stereocenters. The van der Waals surface area contributed by atoms with Crippen LogP contribution in [0, 0.1) is 5.92 Å². The molecule has 7 nitrogen and oxygen atoms in total. The van der Waals surface area contributed by atoms with Crippen LogP contribution >= 0.6 is 0 Å². The summed E-state index contributed by atoms with van der Waals surface area (Å²) in [4.78, 5) is 26.1. The first-order valence-corrected chi connectivity index (χ1v) is 7.89. The number of benzene rings is 1. The van der Waals surface area contributed by atoms with Crippen molar-refractivity contribution >= 4 is 17.5 Å². The fourth-order valence-corrected chi connectivity index (χ4v) is 2.70. The van der Waals surface area contributed by atoms with E-state index in [0.717, 1.165) is 6.42 Å². The molecule has 1 fully saturated rings. The second-order valence-electron chi connectivity index (χ2n) is 5.58. The van der Waals surface area contributed by atoms with Crippen molar-refractivity contribution in [1.29, 1.82) is 0 Å². The first-order valence-electron chi connectivity index (χ1n) is 7.89. The second kappa shape index (κ2) is 8.54. The molecule has 0 radical (unpaired) electrons. The zero-order chi connectivity index (χ0) is 17.5. The SMILES string of the molecule is COCCCNC(=O)C1CC(=O)N(c2ccc(OC)cc2OC)C1. The lowest BCUT2D eigenvalue weighted by atomic mass is 10.1. The lowest BCUT2D eigenvalue weighted by Crippen LogP contribution is -2.33. The van der Waals surface area contributed by atoms with E-state index in [9.17, 15) is 9.59 Å². The molecule has 0 aliphatic carbocycles. The number of rotatable bonds is 8. The smallest absolute Gasteiger partial charge is 0.227 e. The molecule has 1 aromatic carbocycles. The molecule has 1 saturated heterocycles. The van der Waals surface area contributed by atoms with E-state index in [4.69, 9.17) is 14.2 Å². The molecule has 1 heterocycles. The number of amides is 2. The van der Waals surface area contributed by atoms with Gasteiger partial charge in [-0.05, 0) is 18.6 Å². The van der Waals surface area contributed by atoms with Gasteiger partial charge in [-0.3, -0.25) is 9.59 Å². The zero-order valence-electron chi connectivity index (χ0n) is 14.3. The third-order valence-electron chi connectivity index (χ3n) is 4.00. The highest BCUT2D eigenvalue weighted by molar-refractivity contribution is 6.01. The van der Waals surface area contributed by atoms with Crippen LogP contribution in [-0.4, -0.2) is 52.8 Å². The van der Waals surface area contributed by atoms with Gasteiger partial charge in [-0.1, -0.05) is 0 Å². The molecule has 0 saturated carbocycles. The highest BCUT2D eigenvalue weighted by Crippen LogP contribution is 2.35. The monoisotopic (exact) mass is 336 g/mol. The molecule has 2 rings (SSSR count). The van der Waals surface area contributed by atoms with Crippen molar-refractivity contribution in [2.75, 3.05) is 45.9 Å². The Kier molecular flexibility index (Phi) is 6.43. The normalized spacial score (nSPS) is 17.0. The maximum Gasteiger partial charge on any atom is 0.227 e. The second-order valence-corrected chi connectivity index (χ2v) is 5.58. The maximum atomic E-state index is 12.3. The van der Waals surface area contributed by atoms with Gasteiger partial charge in [0.25, 0.3) is 0 Å². The van der Waals surface area contributed by atoms with Crippen LogP contribution in [0.15, 0.2) is 18.2 Å². The van der Waals surface area contributed by atoms with Crippen molar-refractivity contribution < 1.29 is 23.8 Å². The average molecular weight is 336 g/mol. The van der Waals surface area contributed by atoms with Gasteiger partial charge in [0.2, 0.25) is 11.8 Å². The first kappa shape index (κ1) is 18.1. The van der Waals surface area contributed by atoms with E-state index in [2.05, 4.69) is 5.32 Å². The molecule has 0 spiro atoms. The average Bonchev–Trinajstić information content (AvgIpc) is 2.99. The Morgan fingerprint density at radius 2 is 2.08 bits per heavy atom. The van der Waals surface area contributed by atoms with Gasteiger partial charge in [-0.25, -0.2) is 0 Å². The van der Waals surface area contributed by atoms with Crippen molar-refractivity contribution in [3.8, 4) is 11.5 Å². The van der Waals surface area contributed by atoms with E-state index in [1.165, 1.54) is 0 Å². The van der Waals surface area contributed by atoms with Gasteiger partial charge < -0.3 is 24.4 Å². The summed E-state index contributed by atoms with van der Waals surface area (Å²) in [5, 5.41) is 2.85. The van der Waals surface area contributed by atoms with Crippen LogP contribution < -0.4 is 19.7 Å². The van der Waals surface area contributed by atoms with Gasteiger partial charge in [0.15, 0.2) is 0 Å². The molecule has 132 valence electrons. The Morgan fingerprint density at radius 3 is 2.75 bits per heavy atom. The Balaban J connectivity index is 2.03. The van der Waals surface area contributed by atoms with Gasteiger partial charge >= 0.3 is 0 Å². The summed E-state index contributed by atoms with van der Waals surface area (Å²) < 4.78 is 15.5. The van der Waals surface area contributed by atoms with E-state index in [1.807, 2.05) is 0 Å². The standard InChI is InChI=1S/C17H24N2O5/c1-22-8-4-7-18-17(21)12-9-16(20)19(11-12)14-6-5-13(23-2)10-15(14)24-3/h5-6,10,12H,4,7-9,11H2,1-3H3,(H,18,21). The molecule has 1 atom stereocenters. The number of nitrogens with zero attached hydrogens (tertiary/aromatic N) is 1. The van der Waals surface area contributed by atoms with Crippen molar-refractivity contribution in [1.82, 2.24) is 5.32 Å². The van der Waals surface area contributed by atoms with Crippen molar-refractivity contribution in [3.63, 3.8) is 0 Å². The van der Waals surface area contributed by atoms with Crippen LogP contribution in [0.1, 0.15) is 12.8 Å². The summed E-state index contributed by atoms with van der Waals surface area (Å²) >= 11 is 0. The van der Waals surface area contributed by atoms with Gasteiger partial charge in [0, 0.05) is 39.3 Å². The number of anilines is 1. The Bertz CT molecular complexity index is 590. The zero-order valence-corrected chi connectivity index (χ0v) is 14.3. The summed E-state index contributed by atoms with van der Waals surface area (Å²) in [6.07, 6.45) is 0.949. The Labute approximate surface area is 141 Å². The summed E-state index contributed by atoms with van der Waals surface area (Å²) in [6.45, 7) is 1.49. The molecule has 0 aromatic heterocycles. The maximum absolute atomic E-state index is 12.3. The molecule has 1 N–H and O–H groups in total. The minimum absolute atomic E-state index is 0.0875. The number of methoxy groups -OCH3 is 3. The molecule has 2 amide bonds. The fraction of sp³-hybridized carbons (Fsp3) is 0.529. The van der Waals surface area contributed by atoms with E-state index < -0.39 is 0 Å². The van der Waals surface area contributed by atoms with E-state index in [1.54, 1.807) is 44.4 Å². The van der Waals surface area contributed by atoms with Crippen LogP contribution in [-0.2, 0) is 14.3 Å². The van der Waals surface area contributed by atoms with Gasteiger partial charge in [0.1, 0.15) is 11.5 Å². The van der Waals surface area contributed by atoms with Gasteiger partial charge in [-0.15, -0.1) is 0 Å². The third-order valence-corrected chi connectivity index (χ3v) is 4.00. The van der Waals surface area contributed by atoms with E-state index >= 15 is 0 Å². The highest BCUT2D eigenvalue weighted by Gasteiger charge is 2.36. The van der Waals surface area contributed by atoms with Crippen molar-refractivity contribution in [2.24, 2.45) is 5.92 Å². The summed E-state index contributed by atoms with van der Waals surface area (Å²) in [5.41, 5.74) is 0.651. The molecule has 0 bridgehead atoms. The van der Waals surface area contributed by atoms with Crippen LogP contribution in [0.2, 0.25) is 0 Å². The van der Waals surface area contributed by atoms with Crippen LogP contribution in [0.5, 0.6) is 11.5 Å². The summed E-state index contributed by atoms with van der Waals surface area (Å²) in [7, 11) is 4.73. The molecule has 1 aromatic rings. The minimum atomic E-state index is -0.355. The van der Waals surface area contributed by atoms with Gasteiger partial charge in [-0.2, -0.15) is 0 Å². The van der Waals surface area contributed by atoms with Crippen molar-refractivity contribution in [3.05, 3.63) is 18.2 Å². The quantitative estimate of drug-likeness (QED) is 0.722. The third kappa shape index (κ3) is 4.17.